The number of piperazine rings is 1. The molecule has 0 aromatic heterocycles. The van der Waals surface area contributed by atoms with E-state index in [1.165, 1.54) is 0 Å². The lowest BCUT2D eigenvalue weighted by atomic mass is 10.2. The number of rotatable bonds is 4. The van der Waals surface area contributed by atoms with Gasteiger partial charge in [-0.25, -0.2) is 0 Å². The van der Waals surface area contributed by atoms with Crippen molar-refractivity contribution in [2.75, 3.05) is 52.4 Å². The zero-order valence-corrected chi connectivity index (χ0v) is 13.6. The van der Waals surface area contributed by atoms with Crippen molar-refractivity contribution in [2.24, 2.45) is 0 Å². The van der Waals surface area contributed by atoms with Crippen molar-refractivity contribution in [2.45, 2.75) is 0 Å². The average molecular weight is 325 g/mol. The van der Waals surface area contributed by atoms with Gasteiger partial charge in [0.25, 0.3) is 0 Å². The highest BCUT2D eigenvalue weighted by Gasteiger charge is 2.18. The summed E-state index contributed by atoms with van der Waals surface area (Å²) < 4.78 is 16.1. The molecule has 0 unspecified atom stereocenters. The maximum Gasteiger partial charge on any atom is 0.164 e. The van der Waals surface area contributed by atoms with Gasteiger partial charge in [-0.3, -0.25) is 0 Å². The molecule has 1 aromatic carbocycles. The molecule has 1 aromatic rings. The van der Waals surface area contributed by atoms with E-state index in [0.717, 1.165) is 43.4 Å². The summed E-state index contributed by atoms with van der Waals surface area (Å²) in [5.74, 6) is 2.23. The van der Waals surface area contributed by atoms with Crippen LogP contribution in [0.25, 0.3) is 0 Å². The predicted molar refractivity (Wildman–Crippen MR) is 85.7 cm³/mol. The van der Waals surface area contributed by atoms with Gasteiger partial charge in [0.15, 0.2) is 11.5 Å². The normalized spacial score (nSPS) is 13.8. The van der Waals surface area contributed by atoms with Crippen LogP contribution in [0.2, 0.25) is 0 Å². The van der Waals surface area contributed by atoms with Crippen LogP contribution >= 0.6 is 24.8 Å². The minimum Gasteiger partial charge on any atom is -0.494 e. The van der Waals surface area contributed by atoms with E-state index in [2.05, 4.69) is 10.2 Å². The van der Waals surface area contributed by atoms with Gasteiger partial charge in [-0.15, -0.1) is 24.8 Å². The highest BCUT2D eigenvalue weighted by atomic mass is 35.5. The van der Waals surface area contributed by atoms with Gasteiger partial charge in [-0.1, -0.05) is 0 Å². The molecule has 2 rings (SSSR count). The van der Waals surface area contributed by atoms with E-state index < -0.39 is 0 Å². The molecule has 1 N–H and O–H groups in total. The van der Waals surface area contributed by atoms with Crippen LogP contribution in [0.15, 0.2) is 12.1 Å². The zero-order valence-electron chi connectivity index (χ0n) is 12.0. The minimum atomic E-state index is 0. The number of hydrogen-bond donors (Lipinski definition) is 1. The van der Waals surface area contributed by atoms with Gasteiger partial charge in [-0.05, 0) is 0 Å². The summed E-state index contributed by atoms with van der Waals surface area (Å²) >= 11 is 0. The van der Waals surface area contributed by atoms with Gasteiger partial charge in [-0.2, -0.15) is 0 Å². The van der Waals surface area contributed by atoms with Crippen LogP contribution in [0, 0.1) is 0 Å². The Hall–Kier alpha value is -1.04. The highest BCUT2D eigenvalue weighted by Crippen LogP contribution is 2.39. The predicted octanol–water partition coefficient (Wildman–Crippen LogP) is 1.97. The third kappa shape index (κ3) is 3.98. The Morgan fingerprint density at radius 3 is 1.85 bits per heavy atom. The number of hydrogen-bond acceptors (Lipinski definition) is 5. The Bertz CT molecular complexity index is 413. The van der Waals surface area contributed by atoms with Crippen LogP contribution in [0.1, 0.15) is 0 Å². The molecule has 5 nitrogen and oxygen atoms in total. The molecular formula is C13H22Cl2N2O3. The van der Waals surface area contributed by atoms with Crippen LogP contribution in [-0.2, 0) is 0 Å². The third-order valence-electron chi connectivity index (χ3n) is 3.14. The lowest BCUT2D eigenvalue weighted by Crippen LogP contribution is -2.43. The van der Waals surface area contributed by atoms with Crippen molar-refractivity contribution in [3.8, 4) is 17.2 Å². The summed E-state index contributed by atoms with van der Waals surface area (Å²) in [6.07, 6.45) is 0. The summed E-state index contributed by atoms with van der Waals surface area (Å²) in [5, 5.41) is 3.33. The number of ether oxygens (including phenoxy) is 3. The first-order chi connectivity index (χ1) is 8.80. The minimum absolute atomic E-state index is 0. The van der Waals surface area contributed by atoms with E-state index in [0.29, 0.717) is 5.75 Å². The van der Waals surface area contributed by atoms with E-state index in [1.807, 2.05) is 12.1 Å². The van der Waals surface area contributed by atoms with Gasteiger partial charge in [0.2, 0.25) is 0 Å². The van der Waals surface area contributed by atoms with E-state index in [1.54, 1.807) is 21.3 Å². The van der Waals surface area contributed by atoms with Gasteiger partial charge < -0.3 is 24.4 Å². The summed E-state index contributed by atoms with van der Waals surface area (Å²) in [5.41, 5.74) is 1.05. The standard InChI is InChI=1S/C13H20N2O3.2ClH/c1-16-11-9-13(18-3)12(17-2)8-10(11)15-6-4-14-5-7-15;;/h8-9,14H,4-7H2,1-3H3;2*1H. The maximum atomic E-state index is 5.44. The number of anilines is 1. The zero-order chi connectivity index (χ0) is 13.0. The smallest absolute Gasteiger partial charge is 0.164 e. The molecule has 0 amide bonds. The molecule has 0 atom stereocenters. The number of benzene rings is 1. The Labute approximate surface area is 132 Å². The molecule has 1 aliphatic heterocycles. The molecular weight excluding hydrogens is 303 g/mol. The van der Waals surface area contributed by atoms with Crippen molar-refractivity contribution in [1.29, 1.82) is 0 Å². The number of nitrogens with one attached hydrogen (secondary N) is 1. The number of halogens is 2. The van der Waals surface area contributed by atoms with Crippen LogP contribution in [0.5, 0.6) is 17.2 Å². The largest absolute Gasteiger partial charge is 0.494 e. The Morgan fingerprint density at radius 1 is 0.850 bits per heavy atom. The Balaban J connectivity index is 0.00000180. The topological polar surface area (TPSA) is 43.0 Å². The molecule has 0 aliphatic carbocycles. The second-order valence-electron chi connectivity index (χ2n) is 4.12. The summed E-state index contributed by atoms with van der Waals surface area (Å²) in [4.78, 5) is 2.29. The van der Waals surface area contributed by atoms with Gasteiger partial charge in [0, 0.05) is 38.3 Å². The second-order valence-corrected chi connectivity index (χ2v) is 4.12. The number of nitrogens with zero attached hydrogens (tertiary/aromatic N) is 1. The molecule has 7 heteroatoms. The van der Waals surface area contributed by atoms with Crippen molar-refractivity contribution >= 4 is 30.5 Å². The Morgan fingerprint density at radius 2 is 1.35 bits per heavy atom. The fraction of sp³-hybridized carbons (Fsp3) is 0.538. The van der Waals surface area contributed by atoms with E-state index in [4.69, 9.17) is 14.2 Å². The molecule has 1 heterocycles. The SMILES string of the molecule is COc1cc(OC)c(N2CCNCC2)cc1OC.Cl.Cl. The molecule has 0 saturated carbocycles. The Kier molecular flexibility index (Phi) is 8.53. The van der Waals surface area contributed by atoms with Gasteiger partial charge >= 0.3 is 0 Å². The van der Waals surface area contributed by atoms with Crippen molar-refractivity contribution in [1.82, 2.24) is 5.32 Å². The molecule has 116 valence electrons. The molecule has 1 aliphatic rings. The third-order valence-corrected chi connectivity index (χ3v) is 3.14. The van der Waals surface area contributed by atoms with Crippen molar-refractivity contribution in [3.63, 3.8) is 0 Å². The first-order valence-corrected chi connectivity index (χ1v) is 6.05. The molecule has 20 heavy (non-hydrogen) atoms. The van der Waals surface area contributed by atoms with Crippen molar-refractivity contribution in [3.05, 3.63) is 12.1 Å². The quantitative estimate of drug-likeness (QED) is 0.917. The highest BCUT2D eigenvalue weighted by molar-refractivity contribution is 5.85. The van der Waals surface area contributed by atoms with Gasteiger partial charge in [0.05, 0.1) is 27.0 Å². The lowest BCUT2D eigenvalue weighted by Gasteiger charge is -2.31. The van der Waals surface area contributed by atoms with Crippen molar-refractivity contribution < 1.29 is 14.2 Å². The maximum absolute atomic E-state index is 5.44. The van der Waals surface area contributed by atoms with Gasteiger partial charge in [0.1, 0.15) is 5.75 Å². The fourth-order valence-electron chi connectivity index (χ4n) is 2.17. The monoisotopic (exact) mass is 324 g/mol. The van der Waals surface area contributed by atoms with E-state index in [-0.39, 0.29) is 24.8 Å². The first kappa shape index (κ1) is 19.0. The molecule has 0 spiro atoms. The first-order valence-electron chi connectivity index (χ1n) is 6.05. The molecule has 0 bridgehead atoms. The van der Waals surface area contributed by atoms with Crippen LogP contribution < -0.4 is 24.4 Å². The second kappa shape index (κ2) is 9.00. The summed E-state index contributed by atoms with van der Waals surface area (Å²) in [6.45, 7) is 3.90. The molecule has 0 radical (unpaired) electrons. The van der Waals surface area contributed by atoms with Crippen LogP contribution in [0.4, 0.5) is 5.69 Å². The molecule has 1 saturated heterocycles. The van der Waals surface area contributed by atoms with Crippen LogP contribution in [-0.4, -0.2) is 47.5 Å². The van der Waals surface area contributed by atoms with Crippen LogP contribution in [0.3, 0.4) is 0 Å². The summed E-state index contributed by atoms with van der Waals surface area (Å²) in [7, 11) is 4.95. The number of methoxy groups -OCH3 is 3. The van der Waals surface area contributed by atoms with E-state index in [9.17, 15) is 0 Å². The lowest BCUT2D eigenvalue weighted by molar-refractivity contribution is 0.349. The van der Waals surface area contributed by atoms with E-state index >= 15 is 0 Å². The fourth-order valence-corrected chi connectivity index (χ4v) is 2.17. The summed E-state index contributed by atoms with van der Waals surface area (Å²) in [6, 6.07) is 3.85. The molecule has 1 fully saturated rings. The average Bonchev–Trinajstić information content (AvgIpc) is 2.46.